The van der Waals surface area contributed by atoms with Gasteiger partial charge in [-0.15, -0.1) is 6.58 Å². The van der Waals surface area contributed by atoms with Crippen molar-refractivity contribution in [2.45, 2.75) is 18.2 Å². The first-order valence-electron chi connectivity index (χ1n) is 5.25. The molecular formula is C11H15ClN2O2S. The molecule has 17 heavy (non-hydrogen) atoms. The second-order valence-electron chi connectivity index (χ2n) is 3.47. The second kappa shape index (κ2) is 6.14. The summed E-state index contributed by atoms with van der Waals surface area (Å²) in [5.41, 5.74) is 0. The first-order valence-corrected chi connectivity index (χ1v) is 7.06. The summed E-state index contributed by atoms with van der Waals surface area (Å²) in [5.74, 6) is 0. The number of sulfonamides is 1. The molecule has 0 saturated heterocycles. The summed E-state index contributed by atoms with van der Waals surface area (Å²) in [4.78, 5) is 3.93. The van der Waals surface area contributed by atoms with Crippen LogP contribution >= 0.6 is 11.6 Å². The maximum Gasteiger partial charge on any atom is 0.243 e. The molecule has 0 aliphatic carbocycles. The van der Waals surface area contributed by atoms with Crippen LogP contribution < -0.4 is 0 Å². The van der Waals surface area contributed by atoms with Gasteiger partial charge < -0.3 is 0 Å². The van der Waals surface area contributed by atoms with Crippen LogP contribution in [0, 0.1) is 0 Å². The lowest BCUT2D eigenvalue weighted by Gasteiger charge is -2.19. The standard InChI is InChI=1S/C11H15ClN2O2S/c1-3-7-14(8-4-2)17(15,16)10-5-6-13-11(12)9-10/h3,5-6,9H,1,4,7-8H2,2H3. The van der Waals surface area contributed by atoms with Gasteiger partial charge >= 0.3 is 0 Å². The summed E-state index contributed by atoms with van der Waals surface area (Å²) in [6, 6.07) is 2.79. The zero-order chi connectivity index (χ0) is 12.9. The first-order chi connectivity index (χ1) is 8.02. The Morgan fingerprint density at radius 3 is 2.82 bits per heavy atom. The van der Waals surface area contributed by atoms with E-state index in [0.29, 0.717) is 6.54 Å². The number of aromatic nitrogens is 1. The van der Waals surface area contributed by atoms with E-state index in [1.165, 1.54) is 22.6 Å². The van der Waals surface area contributed by atoms with E-state index in [2.05, 4.69) is 11.6 Å². The van der Waals surface area contributed by atoms with Crippen molar-refractivity contribution in [3.8, 4) is 0 Å². The first kappa shape index (κ1) is 14.2. The number of nitrogens with zero attached hydrogens (tertiary/aromatic N) is 2. The normalized spacial score (nSPS) is 11.7. The summed E-state index contributed by atoms with van der Waals surface area (Å²) in [6.45, 7) is 6.23. The molecule has 0 radical (unpaired) electrons. The molecule has 0 amide bonds. The minimum atomic E-state index is -3.51. The van der Waals surface area contributed by atoms with Crippen molar-refractivity contribution in [2.24, 2.45) is 0 Å². The van der Waals surface area contributed by atoms with Crippen LogP contribution in [0.4, 0.5) is 0 Å². The van der Waals surface area contributed by atoms with Crippen LogP contribution in [0.2, 0.25) is 5.15 Å². The molecule has 0 spiro atoms. The number of rotatable bonds is 6. The van der Waals surface area contributed by atoms with Crippen molar-refractivity contribution in [1.29, 1.82) is 0 Å². The van der Waals surface area contributed by atoms with Crippen molar-refractivity contribution in [3.05, 3.63) is 36.1 Å². The number of hydrogen-bond acceptors (Lipinski definition) is 3. The third-order valence-corrected chi connectivity index (χ3v) is 4.21. The summed E-state index contributed by atoms with van der Waals surface area (Å²) in [7, 11) is -3.51. The molecule has 94 valence electrons. The lowest BCUT2D eigenvalue weighted by molar-refractivity contribution is 0.441. The van der Waals surface area contributed by atoms with Crippen LogP contribution in [0.1, 0.15) is 13.3 Å². The molecule has 1 rings (SSSR count). The quantitative estimate of drug-likeness (QED) is 0.591. The fourth-order valence-electron chi connectivity index (χ4n) is 1.40. The maximum atomic E-state index is 12.3. The van der Waals surface area contributed by atoms with Crippen molar-refractivity contribution >= 4 is 21.6 Å². The minimum absolute atomic E-state index is 0.160. The van der Waals surface area contributed by atoms with Crippen molar-refractivity contribution in [2.75, 3.05) is 13.1 Å². The molecule has 0 aliphatic rings. The van der Waals surface area contributed by atoms with E-state index in [9.17, 15) is 8.42 Å². The lowest BCUT2D eigenvalue weighted by atomic mass is 10.5. The molecule has 0 unspecified atom stereocenters. The zero-order valence-corrected chi connectivity index (χ0v) is 11.2. The third-order valence-electron chi connectivity index (χ3n) is 2.14. The predicted octanol–water partition coefficient (Wildman–Crippen LogP) is 2.32. The van der Waals surface area contributed by atoms with Gasteiger partial charge in [0.25, 0.3) is 0 Å². The van der Waals surface area contributed by atoms with Crippen molar-refractivity contribution in [1.82, 2.24) is 9.29 Å². The fraction of sp³-hybridized carbons (Fsp3) is 0.364. The Bertz CT molecular complexity index is 488. The van der Waals surface area contributed by atoms with Gasteiger partial charge in [-0.3, -0.25) is 0 Å². The Kier molecular flexibility index (Phi) is 5.11. The summed E-state index contributed by atoms with van der Waals surface area (Å²) in [5, 5.41) is 0.168. The molecule has 0 aliphatic heterocycles. The van der Waals surface area contributed by atoms with Crippen LogP contribution in [-0.2, 0) is 10.0 Å². The van der Waals surface area contributed by atoms with Crippen LogP contribution in [0.5, 0.6) is 0 Å². The Morgan fingerprint density at radius 1 is 1.59 bits per heavy atom. The van der Waals surface area contributed by atoms with E-state index in [1.54, 1.807) is 6.08 Å². The van der Waals surface area contributed by atoms with E-state index in [-0.39, 0.29) is 16.6 Å². The van der Waals surface area contributed by atoms with Crippen LogP contribution in [-0.4, -0.2) is 30.8 Å². The van der Waals surface area contributed by atoms with Crippen LogP contribution in [0.25, 0.3) is 0 Å². The lowest BCUT2D eigenvalue weighted by Crippen LogP contribution is -2.32. The van der Waals surface area contributed by atoms with Crippen LogP contribution in [0.15, 0.2) is 35.9 Å². The summed E-state index contributed by atoms with van der Waals surface area (Å²) in [6.07, 6.45) is 3.69. The molecule has 0 atom stereocenters. The van der Waals surface area contributed by atoms with Gasteiger partial charge in [0.05, 0.1) is 4.90 Å². The molecular weight excluding hydrogens is 260 g/mol. The molecule has 4 nitrogen and oxygen atoms in total. The minimum Gasteiger partial charge on any atom is -0.244 e. The Hall–Kier alpha value is -0.910. The largest absolute Gasteiger partial charge is 0.244 e. The molecule has 0 saturated carbocycles. The SMILES string of the molecule is C=CCN(CCC)S(=O)(=O)c1ccnc(Cl)c1. The van der Waals surface area contributed by atoms with E-state index >= 15 is 0 Å². The van der Waals surface area contributed by atoms with Crippen LogP contribution in [0.3, 0.4) is 0 Å². The molecule has 1 aromatic rings. The Morgan fingerprint density at radius 2 is 2.29 bits per heavy atom. The maximum absolute atomic E-state index is 12.3. The van der Waals surface area contributed by atoms with Crippen molar-refractivity contribution < 1.29 is 8.42 Å². The van der Waals surface area contributed by atoms with Gasteiger partial charge in [-0.1, -0.05) is 24.6 Å². The highest BCUT2D eigenvalue weighted by Gasteiger charge is 2.22. The molecule has 0 aromatic carbocycles. The van der Waals surface area contributed by atoms with E-state index in [0.717, 1.165) is 6.42 Å². The van der Waals surface area contributed by atoms with Gasteiger partial charge in [0.15, 0.2) is 0 Å². The Labute approximate surface area is 107 Å². The number of pyridine rings is 1. The van der Waals surface area contributed by atoms with Crippen molar-refractivity contribution in [3.63, 3.8) is 0 Å². The fourth-order valence-corrected chi connectivity index (χ4v) is 3.15. The highest BCUT2D eigenvalue weighted by molar-refractivity contribution is 7.89. The van der Waals surface area contributed by atoms with Gasteiger partial charge in [0.1, 0.15) is 5.15 Å². The average Bonchev–Trinajstić information content (AvgIpc) is 2.29. The van der Waals surface area contributed by atoms with E-state index in [4.69, 9.17) is 11.6 Å². The molecule has 0 N–H and O–H groups in total. The number of hydrogen-bond donors (Lipinski definition) is 0. The van der Waals surface area contributed by atoms with E-state index in [1.807, 2.05) is 6.92 Å². The Balaban J connectivity index is 3.11. The van der Waals surface area contributed by atoms with E-state index < -0.39 is 10.0 Å². The smallest absolute Gasteiger partial charge is 0.243 e. The van der Waals surface area contributed by atoms with Gasteiger partial charge in [-0.2, -0.15) is 4.31 Å². The topological polar surface area (TPSA) is 50.3 Å². The summed E-state index contributed by atoms with van der Waals surface area (Å²) < 4.78 is 25.9. The second-order valence-corrected chi connectivity index (χ2v) is 5.79. The van der Waals surface area contributed by atoms with Gasteiger partial charge in [-0.05, 0) is 18.6 Å². The summed E-state index contributed by atoms with van der Waals surface area (Å²) >= 11 is 5.70. The van der Waals surface area contributed by atoms with Gasteiger partial charge in [-0.25, -0.2) is 13.4 Å². The molecule has 6 heteroatoms. The molecule has 1 aromatic heterocycles. The predicted molar refractivity (Wildman–Crippen MR) is 68.5 cm³/mol. The molecule has 1 heterocycles. The van der Waals surface area contributed by atoms with Gasteiger partial charge in [0.2, 0.25) is 10.0 Å². The third kappa shape index (κ3) is 3.52. The average molecular weight is 275 g/mol. The molecule has 0 bridgehead atoms. The zero-order valence-electron chi connectivity index (χ0n) is 9.63. The highest BCUT2D eigenvalue weighted by atomic mass is 35.5. The monoisotopic (exact) mass is 274 g/mol. The molecule has 0 fully saturated rings. The van der Waals surface area contributed by atoms with Gasteiger partial charge in [0, 0.05) is 19.3 Å². The highest BCUT2D eigenvalue weighted by Crippen LogP contribution is 2.18. The number of halogens is 1.